The molecular formula is C25H38N4O2. The first kappa shape index (κ1) is 22.2. The number of amides is 2. The van der Waals surface area contributed by atoms with E-state index in [0.29, 0.717) is 30.7 Å². The molecule has 2 aliphatic carbocycles. The molecule has 4 rings (SSSR count). The summed E-state index contributed by atoms with van der Waals surface area (Å²) in [5, 5.41) is 3.20. The molecule has 2 saturated carbocycles. The van der Waals surface area contributed by atoms with Crippen LogP contribution in [0.1, 0.15) is 99.3 Å². The van der Waals surface area contributed by atoms with E-state index in [0.717, 1.165) is 55.1 Å². The quantitative estimate of drug-likeness (QED) is 0.747. The fourth-order valence-electron chi connectivity index (χ4n) is 5.68. The average Bonchev–Trinajstić information content (AvgIpc) is 3.43. The van der Waals surface area contributed by atoms with E-state index in [2.05, 4.69) is 5.32 Å². The van der Waals surface area contributed by atoms with E-state index in [9.17, 15) is 9.59 Å². The molecule has 1 atom stereocenters. The molecule has 6 heteroatoms. The number of aromatic nitrogens is 2. The summed E-state index contributed by atoms with van der Waals surface area (Å²) in [7, 11) is 0. The topological polar surface area (TPSA) is 75.2 Å². The van der Waals surface area contributed by atoms with Gasteiger partial charge in [0.2, 0.25) is 11.8 Å². The number of carbonyl (C=O) groups excluding carboxylic acids is 2. The third kappa shape index (κ3) is 5.64. The molecule has 2 heterocycles. The van der Waals surface area contributed by atoms with Gasteiger partial charge in [0.05, 0.1) is 6.42 Å². The third-order valence-electron chi connectivity index (χ3n) is 7.59. The van der Waals surface area contributed by atoms with Crippen molar-refractivity contribution in [2.45, 2.75) is 103 Å². The number of rotatable bonds is 6. The van der Waals surface area contributed by atoms with Gasteiger partial charge in [0.25, 0.3) is 0 Å². The molecule has 0 aromatic carbocycles. The molecule has 0 radical (unpaired) electrons. The fraction of sp³-hybridized carbons (Fsp3) is 0.760. The summed E-state index contributed by atoms with van der Waals surface area (Å²) in [5.74, 6) is 2.02. The van der Waals surface area contributed by atoms with Gasteiger partial charge in [0.15, 0.2) is 0 Å². The van der Waals surface area contributed by atoms with Gasteiger partial charge < -0.3 is 10.2 Å². The molecule has 1 saturated heterocycles. The summed E-state index contributed by atoms with van der Waals surface area (Å²) in [6.45, 7) is 5.51. The lowest BCUT2D eigenvalue weighted by Gasteiger charge is -2.23. The van der Waals surface area contributed by atoms with E-state index in [4.69, 9.17) is 9.97 Å². The Morgan fingerprint density at radius 2 is 1.58 bits per heavy atom. The van der Waals surface area contributed by atoms with Crippen LogP contribution in [-0.2, 0) is 16.0 Å². The first-order chi connectivity index (χ1) is 15.0. The Morgan fingerprint density at radius 3 is 2.26 bits per heavy atom. The van der Waals surface area contributed by atoms with Gasteiger partial charge in [0, 0.05) is 48.4 Å². The maximum absolute atomic E-state index is 12.7. The second kappa shape index (κ2) is 10.1. The van der Waals surface area contributed by atoms with Crippen molar-refractivity contribution in [1.29, 1.82) is 0 Å². The minimum Gasteiger partial charge on any atom is -0.353 e. The molecule has 31 heavy (non-hydrogen) atoms. The van der Waals surface area contributed by atoms with Crippen LogP contribution in [0.4, 0.5) is 0 Å². The van der Waals surface area contributed by atoms with Crippen LogP contribution < -0.4 is 5.32 Å². The molecule has 1 aliphatic heterocycles. The highest BCUT2D eigenvalue weighted by Crippen LogP contribution is 2.31. The Hall–Kier alpha value is -1.98. The van der Waals surface area contributed by atoms with Crippen molar-refractivity contribution < 1.29 is 9.59 Å². The van der Waals surface area contributed by atoms with E-state index >= 15 is 0 Å². The number of hydrogen-bond acceptors (Lipinski definition) is 4. The van der Waals surface area contributed by atoms with Crippen molar-refractivity contribution >= 4 is 11.8 Å². The Labute approximate surface area is 186 Å². The van der Waals surface area contributed by atoms with Crippen LogP contribution >= 0.6 is 0 Å². The molecule has 170 valence electrons. The van der Waals surface area contributed by atoms with Crippen molar-refractivity contribution in [2.24, 2.45) is 5.92 Å². The predicted molar refractivity (Wildman–Crippen MR) is 121 cm³/mol. The molecule has 3 fully saturated rings. The monoisotopic (exact) mass is 426 g/mol. The molecule has 1 aromatic heterocycles. The van der Waals surface area contributed by atoms with Crippen LogP contribution in [0, 0.1) is 19.8 Å². The van der Waals surface area contributed by atoms with Gasteiger partial charge in [0.1, 0.15) is 5.82 Å². The average molecular weight is 427 g/mol. The van der Waals surface area contributed by atoms with Crippen molar-refractivity contribution in [3.05, 3.63) is 22.8 Å². The SMILES string of the molecule is Cc1nc(C2CCN(C(=O)CC3CCCC3)C2)nc(C)c1CC(=O)NC1CCCCC1. The fourth-order valence-corrected chi connectivity index (χ4v) is 5.68. The second-order valence-corrected chi connectivity index (χ2v) is 9.99. The molecule has 1 unspecified atom stereocenters. The first-order valence-corrected chi connectivity index (χ1v) is 12.4. The molecule has 0 spiro atoms. The Kier molecular flexibility index (Phi) is 7.24. The number of hydrogen-bond donors (Lipinski definition) is 1. The Balaban J connectivity index is 1.34. The molecule has 1 aromatic rings. The molecule has 2 amide bonds. The molecular weight excluding hydrogens is 388 g/mol. The third-order valence-corrected chi connectivity index (χ3v) is 7.59. The number of nitrogens with one attached hydrogen (secondary N) is 1. The molecule has 1 N–H and O–H groups in total. The van der Waals surface area contributed by atoms with Crippen molar-refractivity contribution in [3.8, 4) is 0 Å². The predicted octanol–water partition coefficient (Wildman–Crippen LogP) is 3.98. The number of carbonyl (C=O) groups is 2. The first-order valence-electron chi connectivity index (χ1n) is 12.4. The highest BCUT2D eigenvalue weighted by Gasteiger charge is 2.31. The highest BCUT2D eigenvalue weighted by molar-refractivity contribution is 5.79. The van der Waals surface area contributed by atoms with Gasteiger partial charge in [-0.3, -0.25) is 9.59 Å². The summed E-state index contributed by atoms with van der Waals surface area (Å²) in [5.41, 5.74) is 2.75. The number of nitrogens with zero attached hydrogens (tertiary/aromatic N) is 3. The molecule has 3 aliphatic rings. The van der Waals surface area contributed by atoms with Crippen LogP contribution in [-0.4, -0.2) is 45.8 Å². The minimum absolute atomic E-state index is 0.0824. The van der Waals surface area contributed by atoms with E-state index in [1.807, 2.05) is 18.7 Å². The van der Waals surface area contributed by atoms with Crippen LogP contribution in [0.3, 0.4) is 0 Å². The van der Waals surface area contributed by atoms with Gasteiger partial charge in [-0.15, -0.1) is 0 Å². The van der Waals surface area contributed by atoms with Gasteiger partial charge in [-0.1, -0.05) is 32.1 Å². The van der Waals surface area contributed by atoms with E-state index in [1.165, 1.54) is 44.9 Å². The Bertz CT molecular complexity index is 774. The highest BCUT2D eigenvalue weighted by atomic mass is 16.2. The minimum atomic E-state index is 0.0824. The lowest BCUT2D eigenvalue weighted by molar-refractivity contribution is -0.131. The van der Waals surface area contributed by atoms with Crippen LogP contribution in [0.25, 0.3) is 0 Å². The Morgan fingerprint density at radius 1 is 0.935 bits per heavy atom. The second-order valence-electron chi connectivity index (χ2n) is 9.99. The maximum Gasteiger partial charge on any atom is 0.224 e. The van der Waals surface area contributed by atoms with Gasteiger partial charge in [-0.05, 0) is 51.9 Å². The smallest absolute Gasteiger partial charge is 0.224 e. The zero-order valence-corrected chi connectivity index (χ0v) is 19.3. The van der Waals surface area contributed by atoms with Crippen molar-refractivity contribution in [3.63, 3.8) is 0 Å². The number of likely N-dealkylation sites (tertiary alicyclic amines) is 1. The maximum atomic E-state index is 12.7. The summed E-state index contributed by atoms with van der Waals surface area (Å²) in [4.78, 5) is 36.9. The zero-order valence-electron chi connectivity index (χ0n) is 19.3. The molecule has 0 bridgehead atoms. The summed E-state index contributed by atoms with van der Waals surface area (Å²) >= 11 is 0. The van der Waals surface area contributed by atoms with Crippen molar-refractivity contribution in [2.75, 3.05) is 13.1 Å². The lowest BCUT2D eigenvalue weighted by Crippen LogP contribution is -2.37. The van der Waals surface area contributed by atoms with E-state index in [1.54, 1.807) is 0 Å². The summed E-state index contributed by atoms with van der Waals surface area (Å²) in [6.07, 6.45) is 12.8. The van der Waals surface area contributed by atoms with Gasteiger partial charge in [-0.25, -0.2) is 9.97 Å². The summed E-state index contributed by atoms with van der Waals surface area (Å²) < 4.78 is 0. The number of aryl methyl sites for hydroxylation is 2. The standard InChI is InChI=1S/C25H38N4O2/c1-17-22(15-23(30)28-21-10-4-3-5-11-21)18(2)27-25(26-17)20-12-13-29(16-20)24(31)14-19-8-6-7-9-19/h19-21H,3-16H2,1-2H3,(H,28,30). The van der Waals surface area contributed by atoms with E-state index < -0.39 is 0 Å². The van der Waals surface area contributed by atoms with Crippen LogP contribution in [0.2, 0.25) is 0 Å². The summed E-state index contributed by atoms with van der Waals surface area (Å²) in [6, 6.07) is 0.327. The van der Waals surface area contributed by atoms with Crippen LogP contribution in [0.5, 0.6) is 0 Å². The van der Waals surface area contributed by atoms with Crippen LogP contribution in [0.15, 0.2) is 0 Å². The molecule has 6 nitrogen and oxygen atoms in total. The normalized spacial score (nSPS) is 22.8. The van der Waals surface area contributed by atoms with Gasteiger partial charge >= 0.3 is 0 Å². The van der Waals surface area contributed by atoms with Crippen molar-refractivity contribution in [1.82, 2.24) is 20.2 Å². The van der Waals surface area contributed by atoms with Gasteiger partial charge in [-0.2, -0.15) is 0 Å². The zero-order chi connectivity index (χ0) is 21.8. The largest absolute Gasteiger partial charge is 0.353 e. The lowest BCUT2D eigenvalue weighted by atomic mass is 9.95. The van der Waals surface area contributed by atoms with E-state index in [-0.39, 0.29) is 11.8 Å².